The van der Waals surface area contributed by atoms with Crippen LogP contribution in [0.15, 0.2) is 30.6 Å². The zero-order valence-corrected chi connectivity index (χ0v) is 11.0. The van der Waals surface area contributed by atoms with E-state index in [4.69, 9.17) is 0 Å². The molecule has 1 aromatic heterocycles. The van der Waals surface area contributed by atoms with Crippen LogP contribution in [0, 0.1) is 11.8 Å². The number of fused-ring (bicyclic) bond motifs is 3. The molecular formula is C15H16N4O. The van der Waals surface area contributed by atoms with Crippen molar-refractivity contribution in [2.45, 2.75) is 25.3 Å². The highest BCUT2D eigenvalue weighted by molar-refractivity contribution is 5.84. The zero-order chi connectivity index (χ0) is 13.5. The van der Waals surface area contributed by atoms with Gasteiger partial charge in [-0.05, 0) is 35.8 Å². The molecule has 0 saturated heterocycles. The molecule has 0 aliphatic heterocycles. The molecule has 0 spiro atoms. The maximum atomic E-state index is 12.3. The van der Waals surface area contributed by atoms with Gasteiger partial charge in [0.05, 0.1) is 6.54 Å². The van der Waals surface area contributed by atoms with Gasteiger partial charge in [-0.3, -0.25) is 9.89 Å². The quantitative estimate of drug-likeness (QED) is 0.884. The maximum absolute atomic E-state index is 12.3. The van der Waals surface area contributed by atoms with Crippen molar-refractivity contribution in [1.29, 1.82) is 0 Å². The molecule has 5 nitrogen and oxygen atoms in total. The molecule has 2 aliphatic rings. The minimum absolute atomic E-state index is 0.140. The molecule has 0 radical (unpaired) electrons. The lowest BCUT2D eigenvalue weighted by Crippen LogP contribution is -2.26. The van der Waals surface area contributed by atoms with Crippen LogP contribution in [0.4, 0.5) is 0 Å². The molecule has 0 bridgehead atoms. The number of aromatic amines is 1. The van der Waals surface area contributed by atoms with Gasteiger partial charge in [0, 0.05) is 5.92 Å². The SMILES string of the molecule is O=C(NCc1ncn[nH]1)C1C2CCc3ccccc3C21. The highest BCUT2D eigenvalue weighted by atomic mass is 16.2. The summed E-state index contributed by atoms with van der Waals surface area (Å²) in [5.74, 6) is 1.94. The van der Waals surface area contributed by atoms with Crippen LogP contribution in [0.3, 0.4) is 0 Å². The molecule has 2 N–H and O–H groups in total. The molecule has 5 heteroatoms. The number of hydrogen-bond donors (Lipinski definition) is 2. The van der Waals surface area contributed by atoms with Gasteiger partial charge in [-0.15, -0.1) is 0 Å². The lowest BCUT2D eigenvalue weighted by Gasteiger charge is -2.13. The van der Waals surface area contributed by atoms with Gasteiger partial charge in [0.2, 0.25) is 5.91 Å². The minimum atomic E-state index is 0.140. The predicted molar refractivity (Wildman–Crippen MR) is 72.7 cm³/mol. The Kier molecular flexibility index (Phi) is 2.58. The van der Waals surface area contributed by atoms with Crippen LogP contribution in [0.2, 0.25) is 0 Å². The Hall–Kier alpha value is -2.17. The molecule has 1 heterocycles. The van der Waals surface area contributed by atoms with Gasteiger partial charge in [-0.2, -0.15) is 5.10 Å². The number of H-pyrrole nitrogens is 1. The second-order valence-corrected chi connectivity index (χ2v) is 5.60. The van der Waals surface area contributed by atoms with Crippen LogP contribution in [-0.2, 0) is 17.8 Å². The van der Waals surface area contributed by atoms with Crippen molar-refractivity contribution in [2.24, 2.45) is 11.8 Å². The van der Waals surface area contributed by atoms with Crippen molar-refractivity contribution < 1.29 is 4.79 Å². The summed E-state index contributed by atoms with van der Waals surface area (Å²) < 4.78 is 0. The number of carbonyl (C=O) groups excluding carboxylic acids is 1. The van der Waals surface area contributed by atoms with E-state index in [2.05, 4.69) is 44.8 Å². The molecule has 4 rings (SSSR count). The van der Waals surface area contributed by atoms with Crippen LogP contribution >= 0.6 is 0 Å². The molecule has 1 saturated carbocycles. The van der Waals surface area contributed by atoms with Gasteiger partial charge in [0.15, 0.2) is 0 Å². The molecule has 1 fully saturated rings. The third-order valence-electron chi connectivity index (χ3n) is 4.53. The molecule has 3 atom stereocenters. The number of carbonyl (C=O) groups is 1. The highest BCUT2D eigenvalue weighted by Gasteiger charge is 2.56. The van der Waals surface area contributed by atoms with Gasteiger partial charge in [-0.25, -0.2) is 4.98 Å². The fourth-order valence-corrected chi connectivity index (χ4v) is 3.53. The third kappa shape index (κ3) is 1.81. The number of nitrogens with one attached hydrogen (secondary N) is 2. The zero-order valence-electron chi connectivity index (χ0n) is 11.0. The first-order valence-corrected chi connectivity index (χ1v) is 7.04. The number of hydrogen-bond acceptors (Lipinski definition) is 3. The summed E-state index contributed by atoms with van der Waals surface area (Å²) in [7, 11) is 0. The number of aryl methyl sites for hydroxylation is 1. The summed E-state index contributed by atoms with van der Waals surface area (Å²) in [5.41, 5.74) is 2.79. The molecule has 1 amide bonds. The van der Waals surface area contributed by atoms with Crippen molar-refractivity contribution in [3.63, 3.8) is 0 Å². The normalized spacial score (nSPS) is 26.5. The van der Waals surface area contributed by atoms with E-state index in [0.29, 0.717) is 24.2 Å². The minimum Gasteiger partial charge on any atom is -0.349 e. The molecule has 1 aromatic carbocycles. The largest absolute Gasteiger partial charge is 0.349 e. The van der Waals surface area contributed by atoms with E-state index in [1.54, 1.807) is 0 Å². The maximum Gasteiger partial charge on any atom is 0.224 e. The molecule has 102 valence electrons. The Morgan fingerprint density at radius 1 is 1.40 bits per heavy atom. The Morgan fingerprint density at radius 2 is 2.30 bits per heavy atom. The number of amides is 1. The predicted octanol–water partition coefficient (Wildman–Crippen LogP) is 1.40. The summed E-state index contributed by atoms with van der Waals surface area (Å²) in [6.45, 7) is 0.427. The van der Waals surface area contributed by atoms with Crippen molar-refractivity contribution >= 4 is 5.91 Å². The molecule has 20 heavy (non-hydrogen) atoms. The van der Waals surface area contributed by atoms with E-state index in [1.807, 2.05) is 0 Å². The van der Waals surface area contributed by atoms with Gasteiger partial charge >= 0.3 is 0 Å². The Balaban J connectivity index is 1.45. The van der Waals surface area contributed by atoms with Crippen molar-refractivity contribution in [3.05, 3.63) is 47.5 Å². The van der Waals surface area contributed by atoms with Crippen LogP contribution in [0.5, 0.6) is 0 Å². The van der Waals surface area contributed by atoms with Crippen LogP contribution in [0.1, 0.15) is 29.3 Å². The van der Waals surface area contributed by atoms with Crippen LogP contribution < -0.4 is 5.32 Å². The smallest absolute Gasteiger partial charge is 0.224 e. The van der Waals surface area contributed by atoms with Gasteiger partial charge < -0.3 is 5.32 Å². The second-order valence-electron chi connectivity index (χ2n) is 5.60. The fraction of sp³-hybridized carbons (Fsp3) is 0.400. The van der Waals surface area contributed by atoms with E-state index >= 15 is 0 Å². The Labute approximate surface area is 116 Å². The number of rotatable bonds is 3. The van der Waals surface area contributed by atoms with Crippen LogP contribution in [-0.4, -0.2) is 21.1 Å². The second kappa shape index (κ2) is 4.44. The summed E-state index contributed by atoms with van der Waals surface area (Å²) in [4.78, 5) is 16.3. The van der Waals surface area contributed by atoms with Crippen molar-refractivity contribution in [3.8, 4) is 0 Å². The first kappa shape index (κ1) is 11.6. The number of aromatic nitrogens is 3. The van der Waals surface area contributed by atoms with Crippen molar-refractivity contribution in [1.82, 2.24) is 20.5 Å². The molecule has 2 aliphatic carbocycles. The Bertz CT molecular complexity index is 637. The standard InChI is InChI=1S/C15H16N4O/c20-15(16-7-12-17-8-18-19-12)14-11-6-5-9-3-1-2-4-10(9)13(11)14/h1-4,8,11,13-14H,5-7H2,(H,16,20)(H,17,18,19). The molecular weight excluding hydrogens is 252 g/mol. The lowest BCUT2D eigenvalue weighted by atomic mass is 9.92. The lowest BCUT2D eigenvalue weighted by molar-refractivity contribution is -0.122. The van der Waals surface area contributed by atoms with E-state index in [9.17, 15) is 4.79 Å². The summed E-state index contributed by atoms with van der Waals surface area (Å²) in [6, 6.07) is 8.52. The molecule has 3 unspecified atom stereocenters. The average Bonchev–Trinajstić information content (AvgIpc) is 3.00. The highest BCUT2D eigenvalue weighted by Crippen LogP contribution is 2.59. The molecule has 2 aromatic rings. The fourth-order valence-electron chi connectivity index (χ4n) is 3.53. The number of nitrogens with zero attached hydrogens (tertiary/aromatic N) is 2. The monoisotopic (exact) mass is 268 g/mol. The first-order chi connectivity index (χ1) is 9.84. The van der Waals surface area contributed by atoms with E-state index in [1.165, 1.54) is 17.5 Å². The van der Waals surface area contributed by atoms with E-state index in [-0.39, 0.29) is 11.8 Å². The van der Waals surface area contributed by atoms with Gasteiger partial charge in [0.1, 0.15) is 12.2 Å². The Morgan fingerprint density at radius 3 is 3.15 bits per heavy atom. The third-order valence-corrected chi connectivity index (χ3v) is 4.53. The average molecular weight is 268 g/mol. The van der Waals surface area contributed by atoms with Gasteiger partial charge in [-0.1, -0.05) is 24.3 Å². The summed E-state index contributed by atoms with van der Waals surface area (Å²) in [5, 5.41) is 9.49. The van der Waals surface area contributed by atoms with Crippen molar-refractivity contribution in [2.75, 3.05) is 0 Å². The summed E-state index contributed by atoms with van der Waals surface area (Å²) in [6.07, 6.45) is 3.68. The van der Waals surface area contributed by atoms with Crippen LogP contribution in [0.25, 0.3) is 0 Å². The first-order valence-electron chi connectivity index (χ1n) is 7.04. The van der Waals surface area contributed by atoms with E-state index < -0.39 is 0 Å². The van der Waals surface area contributed by atoms with Gasteiger partial charge in [0.25, 0.3) is 0 Å². The van der Waals surface area contributed by atoms with E-state index in [0.717, 1.165) is 12.8 Å². The summed E-state index contributed by atoms with van der Waals surface area (Å²) >= 11 is 0. The number of benzene rings is 1. The topological polar surface area (TPSA) is 70.7 Å².